The monoisotopic (exact) mass is 274 g/mol. The van der Waals surface area contributed by atoms with Crippen molar-refractivity contribution in [1.29, 1.82) is 0 Å². The van der Waals surface area contributed by atoms with E-state index >= 15 is 0 Å². The number of carbonyl (C=O) groups excluding carboxylic acids is 1. The minimum absolute atomic E-state index is 0.0905. The molecule has 0 radical (unpaired) electrons. The zero-order valence-electron chi connectivity index (χ0n) is 12.9. The lowest BCUT2D eigenvalue weighted by atomic mass is 9.99. The molecule has 3 nitrogen and oxygen atoms in total. The summed E-state index contributed by atoms with van der Waals surface area (Å²) in [5.74, 6) is 0.899. The molecule has 1 heterocycles. The second kappa shape index (κ2) is 6.40. The average molecular weight is 274 g/mol. The van der Waals surface area contributed by atoms with E-state index in [0.29, 0.717) is 18.9 Å². The van der Waals surface area contributed by atoms with Gasteiger partial charge in [-0.15, -0.1) is 0 Å². The van der Waals surface area contributed by atoms with E-state index in [1.54, 1.807) is 0 Å². The lowest BCUT2D eigenvalue weighted by Gasteiger charge is -2.25. The van der Waals surface area contributed by atoms with Gasteiger partial charge >= 0.3 is 0 Å². The van der Waals surface area contributed by atoms with Crippen molar-refractivity contribution in [2.45, 2.75) is 46.1 Å². The predicted octanol–water partition coefficient (Wildman–Crippen LogP) is 2.95. The molecule has 0 spiro atoms. The molecule has 2 N–H and O–H groups in total. The van der Waals surface area contributed by atoms with E-state index in [-0.39, 0.29) is 11.9 Å². The summed E-state index contributed by atoms with van der Waals surface area (Å²) in [5.41, 5.74) is 9.94. The number of nitrogens with two attached hydrogens (primary N) is 1. The van der Waals surface area contributed by atoms with Crippen molar-refractivity contribution in [1.82, 2.24) is 4.90 Å². The Morgan fingerprint density at radius 1 is 1.35 bits per heavy atom. The van der Waals surface area contributed by atoms with Crippen LogP contribution in [0.4, 0.5) is 0 Å². The normalized spacial score (nSPS) is 21.7. The zero-order chi connectivity index (χ0) is 14.7. The lowest BCUT2D eigenvalue weighted by Crippen LogP contribution is -2.37. The van der Waals surface area contributed by atoms with E-state index in [9.17, 15) is 4.79 Å². The van der Waals surface area contributed by atoms with Crippen LogP contribution in [-0.4, -0.2) is 23.9 Å². The molecule has 1 aromatic carbocycles. The summed E-state index contributed by atoms with van der Waals surface area (Å²) in [7, 11) is 0. The van der Waals surface area contributed by atoms with Crippen LogP contribution >= 0.6 is 0 Å². The maximum absolute atomic E-state index is 12.1. The van der Waals surface area contributed by atoms with Gasteiger partial charge in [-0.3, -0.25) is 4.79 Å². The van der Waals surface area contributed by atoms with Crippen LogP contribution in [0.15, 0.2) is 18.2 Å². The Balaban J connectivity index is 2.08. The van der Waals surface area contributed by atoms with Crippen molar-refractivity contribution in [2.24, 2.45) is 11.7 Å². The smallest absolute Gasteiger partial charge is 0.222 e. The molecule has 20 heavy (non-hydrogen) atoms. The standard InChI is InChI=1S/C17H26N2O/c1-12-5-7-17(20)19(9-8-12)11-16(18)15-10-13(2)4-6-14(15)3/h4,6,10,12,16H,5,7-9,11,18H2,1-3H3. The number of carbonyl (C=O) groups is 1. The first kappa shape index (κ1) is 15.0. The molecule has 1 saturated heterocycles. The molecule has 3 heteroatoms. The van der Waals surface area contributed by atoms with Crippen LogP contribution < -0.4 is 5.73 Å². The van der Waals surface area contributed by atoms with Crippen molar-refractivity contribution >= 4 is 5.91 Å². The largest absolute Gasteiger partial charge is 0.341 e. The van der Waals surface area contributed by atoms with Gasteiger partial charge in [0, 0.05) is 25.6 Å². The minimum atomic E-state index is -0.0905. The maximum atomic E-state index is 12.1. The first-order chi connectivity index (χ1) is 9.47. The molecule has 0 aliphatic carbocycles. The highest BCUT2D eigenvalue weighted by atomic mass is 16.2. The van der Waals surface area contributed by atoms with Crippen molar-refractivity contribution in [3.8, 4) is 0 Å². The van der Waals surface area contributed by atoms with Crippen LogP contribution in [0.2, 0.25) is 0 Å². The third kappa shape index (κ3) is 3.60. The van der Waals surface area contributed by atoms with Crippen LogP contribution in [0.25, 0.3) is 0 Å². The third-order valence-corrected chi connectivity index (χ3v) is 4.35. The van der Waals surface area contributed by atoms with Gasteiger partial charge in [0.2, 0.25) is 5.91 Å². The zero-order valence-corrected chi connectivity index (χ0v) is 12.9. The molecule has 2 atom stereocenters. The van der Waals surface area contributed by atoms with Gasteiger partial charge < -0.3 is 10.6 Å². The molecule has 1 aliphatic rings. The van der Waals surface area contributed by atoms with E-state index in [1.165, 1.54) is 11.1 Å². The molecule has 1 fully saturated rings. The van der Waals surface area contributed by atoms with Crippen molar-refractivity contribution < 1.29 is 4.79 Å². The molecule has 1 amide bonds. The molecule has 0 aromatic heterocycles. The van der Waals surface area contributed by atoms with Crippen molar-refractivity contribution in [3.05, 3.63) is 34.9 Å². The van der Waals surface area contributed by atoms with E-state index < -0.39 is 0 Å². The third-order valence-electron chi connectivity index (χ3n) is 4.35. The van der Waals surface area contributed by atoms with E-state index in [1.807, 2.05) is 4.90 Å². The number of likely N-dealkylation sites (tertiary alicyclic amines) is 1. The van der Waals surface area contributed by atoms with Crippen LogP contribution in [0.5, 0.6) is 0 Å². The Morgan fingerprint density at radius 2 is 2.10 bits per heavy atom. The number of aryl methyl sites for hydroxylation is 2. The molecule has 110 valence electrons. The number of amides is 1. The average Bonchev–Trinajstić information content (AvgIpc) is 2.57. The fourth-order valence-electron chi connectivity index (χ4n) is 2.86. The summed E-state index contributed by atoms with van der Waals surface area (Å²) >= 11 is 0. The van der Waals surface area contributed by atoms with Gasteiger partial charge in [0.25, 0.3) is 0 Å². The topological polar surface area (TPSA) is 46.3 Å². The highest BCUT2D eigenvalue weighted by Crippen LogP contribution is 2.22. The molecule has 1 aliphatic heterocycles. The number of nitrogens with zero attached hydrogens (tertiary/aromatic N) is 1. The van der Waals surface area contributed by atoms with Crippen molar-refractivity contribution in [2.75, 3.05) is 13.1 Å². The van der Waals surface area contributed by atoms with E-state index in [2.05, 4.69) is 39.0 Å². The Hall–Kier alpha value is -1.35. The van der Waals surface area contributed by atoms with Gasteiger partial charge in [0.05, 0.1) is 0 Å². The molecular weight excluding hydrogens is 248 g/mol. The summed E-state index contributed by atoms with van der Waals surface area (Å²) in [6.07, 6.45) is 2.76. The van der Waals surface area contributed by atoms with Crippen LogP contribution in [0.3, 0.4) is 0 Å². The van der Waals surface area contributed by atoms with Gasteiger partial charge in [-0.05, 0) is 43.7 Å². The number of hydrogen-bond donors (Lipinski definition) is 1. The fraction of sp³-hybridized carbons (Fsp3) is 0.588. The van der Waals surface area contributed by atoms with Gasteiger partial charge in [-0.2, -0.15) is 0 Å². The van der Waals surface area contributed by atoms with Crippen LogP contribution in [-0.2, 0) is 4.79 Å². The molecule has 1 aromatic rings. The molecule has 0 saturated carbocycles. The van der Waals surface area contributed by atoms with Crippen molar-refractivity contribution in [3.63, 3.8) is 0 Å². The second-order valence-electron chi connectivity index (χ2n) is 6.24. The predicted molar refractivity (Wildman–Crippen MR) is 82.4 cm³/mol. The summed E-state index contributed by atoms with van der Waals surface area (Å²) in [4.78, 5) is 14.1. The molecule has 2 rings (SSSR count). The van der Waals surface area contributed by atoms with Crippen LogP contribution in [0, 0.1) is 19.8 Å². The minimum Gasteiger partial charge on any atom is -0.341 e. The first-order valence-electron chi connectivity index (χ1n) is 7.58. The summed E-state index contributed by atoms with van der Waals surface area (Å²) in [6, 6.07) is 6.26. The number of benzene rings is 1. The molecular formula is C17H26N2O. The van der Waals surface area contributed by atoms with E-state index in [4.69, 9.17) is 5.73 Å². The SMILES string of the molecule is Cc1ccc(C)c(C(N)CN2CCC(C)CCC2=O)c1. The van der Waals surface area contributed by atoms with Gasteiger partial charge in [-0.25, -0.2) is 0 Å². The van der Waals surface area contributed by atoms with E-state index in [0.717, 1.165) is 24.9 Å². The maximum Gasteiger partial charge on any atom is 0.222 e. The Kier molecular flexibility index (Phi) is 4.81. The highest BCUT2D eigenvalue weighted by molar-refractivity contribution is 5.76. The highest BCUT2D eigenvalue weighted by Gasteiger charge is 2.22. The number of rotatable bonds is 3. The Bertz CT molecular complexity index is 484. The Morgan fingerprint density at radius 3 is 2.85 bits per heavy atom. The lowest BCUT2D eigenvalue weighted by molar-refractivity contribution is -0.130. The quantitative estimate of drug-likeness (QED) is 0.921. The summed E-state index contributed by atoms with van der Waals surface area (Å²) in [5, 5.41) is 0. The van der Waals surface area contributed by atoms with Gasteiger partial charge in [0.1, 0.15) is 0 Å². The summed E-state index contributed by atoms with van der Waals surface area (Å²) in [6.45, 7) is 7.87. The van der Waals surface area contributed by atoms with Gasteiger partial charge in [-0.1, -0.05) is 30.7 Å². The second-order valence-corrected chi connectivity index (χ2v) is 6.24. The summed E-state index contributed by atoms with van der Waals surface area (Å²) < 4.78 is 0. The molecule has 0 bridgehead atoms. The molecule has 2 unspecified atom stereocenters. The fourth-order valence-corrected chi connectivity index (χ4v) is 2.86. The first-order valence-corrected chi connectivity index (χ1v) is 7.58. The Labute approximate surface area is 122 Å². The number of hydrogen-bond acceptors (Lipinski definition) is 2. The van der Waals surface area contributed by atoms with Gasteiger partial charge in [0.15, 0.2) is 0 Å². The van der Waals surface area contributed by atoms with Crippen LogP contribution in [0.1, 0.15) is 48.9 Å².